The van der Waals surface area contributed by atoms with Crippen molar-refractivity contribution in [3.8, 4) is 0 Å². The van der Waals surface area contributed by atoms with E-state index in [0.717, 1.165) is 83.5 Å². The van der Waals surface area contributed by atoms with Crippen molar-refractivity contribution in [3.05, 3.63) is 85.1 Å². The van der Waals surface area contributed by atoms with Crippen molar-refractivity contribution < 1.29 is 68.2 Å². The van der Waals surface area contributed by atoms with Crippen LogP contribution in [0.2, 0.25) is 0 Å². The van der Waals surface area contributed by atoms with E-state index in [0.29, 0.717) is 19.3 Å². The molecule has 0 aromatic heterocycles. The summed E-state index contributed by atoms with van der Waals surface area (Å²) in [7, 11) is -5.15. The number of aliphatic hydroxyl groups is 6. The zero-order valence-electron chi connectivity index (χ0n) is 38.4. The fourth-order valence-electron chi connectivity index (χ4n) is 6.42. The summed E-state index contributed by atoms with van der Waals surface area (Å²) in [5.74, 6) is -1.22. The molecule has 0 spiro atoms. The second-order valence-corrected chi connectivity index (χ2v) is 17.6. The number of carbonyl (C=O) groups is 2. The van der Waals surface area contributed by atoms with Crippen LogP contribution >= 0.6 is 7.82 Å². The fourth-order valence-corrected chi connectivity index (χ4v) is 7.39. The highest BCUT2D eigenvalue weighted by atomic mass is 31.2. The SMILES string of the molecule is CCCCC/C=C\C/C=C\C/C=C\CCCCCCC(=O)OC[C@H](COP(=O)(O)OC1[C@H](O)[C@H](O)C(O)[C@H](O)[C@H]1O)OC(=O)CCC/C=C\C/C=C\C/C=C\C/C=C\CCC[C@H](C)O. The maximum Gasteiger partial charge on any atom is 0.472 e. The van der Waals surface area contributed by atoms with E-state index in [9.17, 15) is 49.7 Å². The van der Waals surface area contributed by atoms with Gasteiger partial charge in [0.05, 0.1) is 12.7 Å². The molecule has 1 rings (SSSR count). The predicted octanol–water partition coefficient (Wildman–Crippen LogP) is 8.25. The number of unbranched alkanes of at least 4 members (excludes halogenated alkanes) is 9. The number of phosphoric ester groups is 1. The Morgan fingerprint density at radius 2 is 0.969 bits per heavy atom. The molecule has 3 unspecified atom stereocenters. The molecule has 0 radical (unpaired) electrons. The highest BCUT2D eigenvalue weighted by Crippen LogP contribution is 2.47. The highest BCUT2D eigenvalue weighted by Gasteiger charge is 2.51. The Morgan fingerprint density at radius 3 is 1.47 bits per heavy atom. The number of esters is 2. The average molecular weight is 925 g/mol. The molecule has 1 saturated carbocycles. The van der Waals surface area contributed by atoms with E-state index in [1.165, 1.54) is 19.3 Å². The predicted molar refractivity (Wildman–Crippen MR) is 250 cm³/mol. The third kappa shape index (κ3) is 31.0. The van der Waals surface area contributed by atoms with E-state index in [1.807, 2.05) is 12.2 Å². The zero-order chi connectivity index (χ0) is 47.3. The highest BCUT2D eigenvalue weighted by molar-refractivity contribution is 7.47. The molecule has 0 bridgehead atoms. The number of hydrogen-bond acceptors (Lipinski definition) is 13. The van der Waals surface area contributed by atoms with Crippen LogP contribution in [0.4, 0.5) is 0 Å². The van der Waals surface area contributed by atoms with Crippen molar-refractivity contribution >= 4 is 19.8 Å². The number of carbonyl (C=O) groups excluding carboxylic acids is 2. The number of aliphatic hydroxyl groups excluding tert-OH is 6. The molecular formula is C49H81O14P. The summed E-state index contributed by atoms with van der Waals surface area (Å²) in [6.07, 6.45) is 33.4. The molecular weight excluding hydrogens is 843 g/mol. The van der Waals surface area contributed by atoms with Crippen LogP contribution in [0, 0.1) is 0 Å². The maximum absolute atomic E-state index is 12.8. The summed E-state index contributed by atoms with van der Waals surface area (Å²) in [4.78, 5) is 35.7. The van der Waals surface area contributed by atoms with Gasteiger partial charge in [0.15, 0.2) is 6.10 Å². The van der Waals surface area contributed by atoms with Crippen molar-refractivity contribution in [2.24, 2.45) is 0 Å². The lowest BCUT2D eigenvalue weighted by atomic mass is 9.85. The monoisotopic (exact) mass is 925 g/mol. The number of allylic oxidation sites excluding steroid dienone is 14. The van der Waals surface area contributed by atoms with Crippen LogP contribution < -0.4 is 0 Å². The molecule has 0 aromatic rings. The molecule has 0 saturated heterocycles. The summed E-state index contributed by atoms with van der Waals surface area (Å²) in [5.41, 5.74) is 0. The van der Waals surface area contributed by atoms with Gasteiger partial charge in [0, 0.05) is 12.8 Å². The summed E-state index contributed by atoms with van der Waals surface area (Å²) >= 11 is 0. The molecule has 0 aliphatic heterocycles. The molecule has 9 atom stereocenters. The van der Waals surface area contributed by atoms with Crippen LogP contribution in [-0.4, -0.2) is 110 Å². The lowest BCUT2D eigenvalue weighted by molar-refractivity contribution is -0.220. The van der Waals surface area contributed by atoms with E-state index in [-0.39, 0.29) is 18.9 Å². The molecule has 0 heterocycles. The molecule has 1 aliphatic rings. The number of rotatable bonds is 37. The van der Waals surface area contributed by atoms with E-state index in [2.05, 4.69) is 79.8 Å². The van der Waals surface area contributed by atoms with Gasteiger partial charge in [-0.25, -0.2) is 4.57 Å². The van der Waals surface area contributed by atoms with E-state index < -0.39 is 75.7 Å². The minimum Gasteiger partial charge on any atom is -0.462 e. The van der Waals surface area contributed by atoms with Crippen LogP contribution in [0.3, 0.4) is 0 Å². The Kier molecular flexibility index (Phi) is 35.2. The van der Waals surface area contributed by atoms with Crippen molar-refractivity contribution in [2.75, 3.05) is 13.2 Å². The van der Waals surface area contributed by atoms with Crippen LogP contribution in [0.5, 0.6) is 0 Å². The normalized spacial score (nSPS) is 22.8. The van der Waals surface area contributed by atoms with E-state index >= 15 is 0 Å². The summed E-state index contributed by atoms with van der Waals surface area (Å²) in [6, 6.07) is 0. The maximum atomic E-state index is 12.8. The van der Waals surface area contributed by atoms with E-state index in [1.54, 1.807) is 6.92 Å². The van der Waals surface area contributed by atoms with Gasteiger partial charge in [-0.3, -0.25) is 18.6 Å². The van der Waals surface area contributed by atoms with Crippen molar-refractivity contribution in [2.45, 2.75) is 198 Å². The van der Waals surface area contributed by atoms with Gasteiger partial charge in [-0.15, -0.1) is 0 Å². The number of ether oxygens (including phenoxy) is 2. The van der Waals surface area contributed by atoms with E-state index in [4.69, 9.17) is 18.5 Å². The third-order valence-electron chi connectivity index (χ3n) is 10.2. The smallest absolute Gasteiger partial charge is 0.462 e. The fraction of sp³-hybridized carbons (Fsp3) is 0.673. The lowest BCUT2D eigenvalue weighted by Crippen LogP contribution is -2.64. The molecule has 14 nitrogen and oxygen atoms in total. The quantitative estimate of drug-likeness (QED) is 0.0135. The number of hydrogen-bond donors (Lipinski definition) is 7. The molecule has 0 aromatic carbocycles. The van der Waals surface area contributed by atoms with Gasteiger partial charge >= 0.3 is 19.8 Å². The topological polar surface area (TPSA) is 230 Å². The Balaban J connectivity index is 2.52. The van der Waals surface area contributed by atoms with Gasteiger partial charge < -0.3 is 45.0 Å². The van der Waals surface area contributed by atoms with Gasteiger partial charge in [0.2, 0.25) is 0 Å². The molecule has 15 heteroatoms. The van der Waals surface area contributed by atoms with Gasteiger partial charge in [-0.05, 0) is 103 Å². The first-order valence-corrected chi connectivity index (χ1v) is 24.9. The zero-order valence-corrected chi connectivity index (χ0v) is 39.3. The van der Waals surface area contributed by atoms with Crippen molar-refractivity contribution in [1.82, 2.24) is 0 Å². The summed E-state index contributed by atoms with van der Waals surface area (Å²) in [5, 5.41) is 59.4. The van der Waals surface area contributed by atoms with Gasteiger partial charge in [0.1, 0.15) is 43.2 Å². The third-order valence-corrected chi connectivity index (χ3v) is 11.2. The van der Waals surface area contributed by atoms with Gasteiger partial charge in [-0.1, -0.05) is 118 Å². The molecule has 366 valence electrons. The van der Waals surface area contributed by atoms with Crippen molar-refractivity contribution in [1.29, 1.82) is 0 Å². The Hall–Kier alpha value is -3.01. The lowest BCUT2D eigenvalue weighted by Gasteiger charge is -2.41. The van der Waals surface area contributed by atoms with Crippen LogP contribution in [0.1, 0.15) is 149 Å². The number of phosphoric acid groups is 1. The summed E-state index contributed by atoms with van der Waals surface area (Å²) < 4.78 is 33.4. The van der Waals surface area contributed by atoms with Crippen LogP contribution in [-0.2, 0) is 32.7 Å². The van der Waals surface area contributed by atoms with Crippen LogP contribution in [0.25, 0.3) is 0 Å². The molecule has 7 N–H and O–H groups in total. The Morgan fingerprint density at radius 1 is 0.547 bits per heavy atom. The molecule has 0 amide bonds. The molecule has 1 fully saturated rings. The minimum absolute atomic E-state index is 0.000980. The first-order valence-electron chi connectivity index (χ1n) is 23.4. The Bertz CT molecular complexity index is 1450. The van der Waals surface area contributed by atoms with Gasteiger partial charge in [-0.2, -0.15) is 0 Å². The Labute approximate surface area is 382 Å². The first-order chi connectivity index (χ1) is 30.8. The second-order valence-electron chi connectivity index (χ2n) is 16.2. The second kappa shape index (κ2) is 38.1. The average Bonchev–Trinajstić information content (AvgIpc) is 3.26. The van der Waals surface area contributed by atoms with Gasteiger partial charge in [0.25, 0.3) is 0 Å². The molecule has 1 aliphatic carbocycles. The molecule has 64 heavy (non-hydrogen) atoms. The standard InChI is InChI=1S/C49H81O14P/c1-3-4-5-6-7-8-9-10-11-12-15-18-21-24-27-30-33-36-42(51)60-38-41(39-61-64(58,59)63-49-47(56)45(54)44(53)46(55)48(49)57)62-43(52)37-34-31-28-25-22-19-16-13-14-17-20-23-26-29-32-35-40(2)50/h7-8,10-11,14-19,23,25-26,28,40-41,44-50,53-57H,3-6,9,12-13,20-22,24,27,29-39H2,1-2H3,(H,58,59)/b8-7-,11-10-,17-14-,18-15-,19-16-,26-23-,28-25-/t40-,41+,44?,45-,46+,47+,48+,49?/m0/s1. The van der Waals surface area contributed by atoms with Crippen LogP contribution in [0.15, 0.2) is 85.1 Å². The largest absolute Gasteiger partial charge is 0.472 e. The first kappa shape index (κ1) is 59.0. The minimum atomic E-state index is -5.15. The summed E-state index contributed by atoms with van der Waals surface area (Å²) in [6.45, 7) is 2.74. The van der Waals surface area contributed by atoms with Crippen molar-refractivity contribution in [3.63, 3.8) is 0 Å².